The van der Waals surface area contributed by atoms with Gasteiger partial charge >= 0.3 is 11.9 Å². The van der Waals surface area contributed by atoms with Crippen molar-refractivity contribution in [3.8, 4) is 0 Å². The zero-order valence-corrected chi connectivity index (χ0v) is 31.6. The number of carbonyl (C=O) groups is 2. The van der Waals surface area contributed by atoms with Crippen LogP contribution >= 0.6 is 0 Å². The Labute approximate surface area is 306 Å². The molecule has 0 rings (SSSR count). The van der Waals surface area contributed by atoms with Gasteiger partial charge in [0.25, 0.3) is 0 Å². The molecule has 0 aliphatic heterocycles. The van der Waals surface area contributed by atoms with Crippen LogP contribution in [0.3, 0.4) is 0 Å². The molecule has 0 aliphatic rings. The highest BCUT2D eigenvalue weighted by Crippen LogP contribution is 2.08. The van der Waals surface area contributed by atoms with E-state index in [0.717, 1.165) is 57.8 Å². The van der Waals surface area contributed by atoms with Crippen LogP contribution in [0.1, 0.15) is 142 Å². The van der Waals surface area contributed by atoms with Crippen molar-refractivity contribution >= 4 is 11.9 Å². The van der Waals surface area contributed by atoms with Crippen LogP contribution in [0.2, 0.25) is 0 Å². The first-order valence-electron chi connectivity index (χ1n) is 19.4. The van der Waals surface area contributed by atoms with Crippen LogP contribution in [0.5, 0.6) is 0 Å². The summed E-state index contributed by atoms with van der Waals surface area (Å²) in [5, 5.41) is 9.53. The van der Waals surface area contributed by atoms with Crippen LogP contribution in [-0.4, -0.2) is 36.4 Å². The van der Waals surface area contributed by atoms with Gasteiger partial charge in [0.15, 0.2) is 6.10 Å². The number of aliphatic hydroxyl groups is 1. The van der Waals surface area contributed by atoms with Crippen molar-refractivity contribution in [3.05, 3.63) is 109 Å². The SMILES string of the molecule is CC/C=C\C/C=C\C/C=C\C/C=C\C/C=C\C/C=C\CCC(=O)O[C@@H](CO)COC(=O)CCC/C=C\C/C=C\C/C=C\CCCCCCCC. The summed E-state index contributed by atoms with van der Waals surface area (Å²) < 4.78 is 10.5. The van der Waals surface area contributed by atoms with Crippen LogP contribution in [-0.2, 0) is 19.1 Å². The number of ether oxygens (including phenoxy) is 2. The molecule has 5 heteroatoms. The maximum Gasteiger partial charge on any atom is 0.306 e. The first-order chi connectivity index (χ1) is 24.6. The summed E-state index contributed by atoms with van der Waals surface area (Å²) in [4.78, 5) is 24.2. The first-order valence-corrected chi connectivity index (χ1v) is 19.4. The molecule has 0 unspecified atom stereocenters. The van der Waals surface area contributed by atoms with Crippen molar-refractivity contribution in [2.75, 3.05) is 13.2 Å². The topological polar surface area (TPSA) is 72.8 Å². The summed E-state index contributed by atoms with van der Waals surface area (Å²) in [6.45, 7) is 3.88. The van der Waals surface area contributed by atoms with Gasteiger partial charge in [0.2, 0.25) is 0 Å². The normalized spacial score (nSPS) is 13.4. The molecule has 0 heterocycles. The molecule has 0 aliphatic carbocycles. The second kappa shape index (κ2) is 40.0. The first kappa shape index (κ1) is 46.6. The molecule has 0 aromatic rings. The molecule has 0 saturated carbocycles. The smallest absolute Gasteiger partial charge is 0.306 e. The number of rotatable bonds is 33. The minimum atomic E-state index is -0.839. The highest BCUT2D eigenvalue weighted by Gasteiger charge is 2.15. The molecule has 0 amide bonds. The maximum absolute atomic E-state index is 12.1. The Bertz CT molecular complexity index is 1050. The van der Waals surface area contributed by atoms with Crippen molar-refractivity contribution in [1.82, 2.24) is 0 Å². The minimum absolute atomic E-state index is 0.130. The molecular formula is C45H70O5. The lowest BCUT2D eigenvalue weighted by Crippen LogP contribution is -2.28. The molecule has 280 valence electrons. The molecule has 0 radical (unpaired) electrons. The molecule has 1 atom stereocenters. The van der Waals surface area contributed by atoms with E-state index in [1.54, 1.807) is 0 Å². The Hall–Kier alpha value is -3.44. The second-order valence-electron chi connectivity index (χ2n) is 12.3. The van der Waals surface area contributed by atoms with E-state index in [4.69, 9.17) is 9.47 Å². The van der Waals surface area contributed by atoms with Crippen molar-refractivity contribution in [2.24, 2.45) is 0 Å². The van der Waals surface area contributed by atoms with E-state index in [9.17, 15) is 14.7 Å². The summed E-state index contributed by atoms with van der Waals surface area (Å²) in [7, 11) is 0. The number of unbranched alkanes of at least 4 members (excludes halogenated alkanes) is 7. The van der Waals surface area contributed by atoms with Gasteiger partial charge in [-0.2, -0.15) is 0 Å². The van der Waals surface area contributed by atoms with Gasteiger partial charge < -0.3 is 14.6 Å². The molecule has 0 bridgehead atoms. The van der Waals surface area contributed by atoms with E-state index < -0.39 is 12.1 Å². The predicted molar refractivity (Wildman–Crippen MR) is 214 cm³/mol. The third kappa shape index (κ3) is 37.4. The van der Waals surface area contributed by atoms with Crippen molar-refractivity contribution in [2.45, 2.75) is 148 Å². The van der Waals surface area contributed by atoms with Crippen molar-refractivity contribution in [3.63, 3.8) is 0 Å². The highest BCUT2D eigenvalue weighted by atomic mass is 16.6. The Morgan fingerprint density at radius 1 is 0.480 bits per heavy atom. The summed E-state index contributed by atoms with van der Waals surface area (Å²) in [5.74, 6) is -0.762. The van der Waals surface area contributed by atoms with E-state index >= 15 is 0 Å². The van der Waals surface area contributed by atoms with Gasteiger partial charge in [0.1, 0.15) is 6.61 Å². The molecular weight excluding hydrogens is 620 g/mol. The minimum Gasteiger partial charge on any atom is -0.462 e. The number of allylic oxidation sites excluding steroid dienone is 18. The zero-order valence-electron chi connectivity index (χ0n) is 31.6. The average molecular weight is 691 g/mol. The average Bonchev–Trinajstić information content (AvgIpc) is 3.12. The van der Waals surface area contributed by atoms with Gasteiger partial charge in [0, 0.05) is 12.8 Å². The third-order valence-corrected chi connectivity index (χ3v) is 7.56. The van der Waals surface area contributed by atoms with Crippen molar-refractivity contribution < 1.29 is 24.2 Å². The standard InChI is InChI=1S/C45H70O5/c1-3-5-7-9-11-13-15-17-19-21-22-24-26-28-30-32-34-36-38-40-45(48)50-43(41-46)42-49-44(47)39-37-35-33-31-29-27-25-23-20-18-16-14-12-10-8-6-4-2/h5,7,11,13,17-20,22,24-25,27-28,30-31,33-34,36,43,46H,3-4,6,8-10,12,14-16,21,23,26,29,32,35,37-42H2,1-2H3/b7-5-,13-11-,19-17-,20-18-,24-22-,27-25-,30-28-,33-31-,36-34-/t43-/m0/s1. The highest BCUT2D eigenvalue weighted by molar-refractivity contribution is 5.70. The van der Waals surface area contributed by atoms with E-state index in [0.29, 0.717) is 19.3 Å². The molecule has 0 fully saturated rings. The van der Waals surface area contributed by atoms with Gasteiger partial charge in [-0.1, -0.05) is 155 Å². The van der Waals surface area contributed by atoms with Gasteiger partial charge in [-0.05, 0) is 83.5 Å². The van der Waals surface area contributed by atoms with Crippen LogP contribution in [0, 0.1) is 0 Å². The number of hydrogen-bond donors (Lipinski definition) is 1. The molecule has 0 aromatic heterocycles. The van der Waals surface area contributed by atoms with Crippen molar-refractivity contribution in [1.29, 1.82) is 0 Å². The van der Waals surface area contributed by atoms with E-state index in [1.807, 2.05) is 12.2 Å². The molecule has 5 nitrogen and oxygen atoms in total. The Kier molecular flexibility index (Phi) is 37.2. The second-order valence-corrected chi connectivity index (χ2v) is 12.3. The molecule has 0 aromatic carbocycles. The predicted octanol–water partition coefficient (Wildman–Crippen LogP) is 12.3. The Balaban J connectivity index is 3.82. The fourth-order valence-electron chi connectivity index (χ4n) is 4.65. The fourth-order valence-corrected chi connectivity index (χ4v) is 4.65. The third-order valence-electron chi connectivity index (χ3n) is 7.56. The van der Waals surface area contributed by atoms with Gasteiger partial charge in [-0.3, -0.25) is 9.59 Å². The maximum atomic E-state index is 12.1. The van der Waals surface area contributed by atoms with E-state index in [-0.39, 0.29) is 25.6 Å². The molecule has 0 spiro atoms. The van der Waals surface area contributed by atoms with Crippen LogP contribution < -0.4 is 0 Å². The van der Waals surface area contributed by atoms with E-state index in [2.05, 4.69) is 111 Å². The van der Waals surface area contributed by atoms with Crippen LogP contribution in [0.4, 0.5) is 0 Å². The lowest BCUT2D eigenvalue weighted by atomic mass is 10.1. The number of aliphatic hydroxyl groups excluding tert-OH is 1. The zero-order chi connectivity index (χ0) is 36.4. The van der Waals surface area contributed by atoms with Crippen LogP contribution in [0.15, 0.2) is 109 Å². The lowest BCUT2D eigenvalue weighted by molar-refractivity contribution is -0.161. The number of esters is 2. The summed E-state index contributed by atoms with van der Waals surface area (Å²) in [6, 6.07) is 0. The monoisotopic (exact) mass is 691 g/mol. The summed E-state index contributed by atoms with van der Waals surface area (Å²) in [6.07, 6.45) is 57.3. The molecule has 50 heavy (non-hydrogen) atoms. The van der Waals surface area contributed by atoms with Gasteiger partial charge in [0.05, 0.1) is 6.61 Å². The molecule has 0 saturated heterocycles. The Morgan fingerprint density at radius 2 is 0.900 bits per heavy atom. The quantitative estimate of drug-likeness (QED) is 0.0421. The van der Waals surface area contributed by atoms with Crippen LogP contribution in [0.25, 0.3) is 0 Å². The largest absolute Gasteiger partial charge is 0.462 e. The van der Waals surface area contributed by atoms with Gasteiger partial charge in [-0.25, -0.2) is 0 Å². The Morgan fingerprint density at radius 3 is 1.38 bits per heavy atom. The fraction of sp³-hybridized carbons (Fsp3) is 0.556. The van der Waals surface area contributed by atoms with E-state index in [1.165, 1.54) is 44.9 Å². The van der Waals surface area contributed by atoms with Gasteiger partial charge in [-0.15, -0.1) is 0 Å². The number of hydrogen-bond acceptors (Lipinski definition) is 5. The number of carbonyl (C=O) groups excluding carboxylic acids is 2. The lowest BCUT2D eigenvalue weighted by Gasteiger charge is -2.15. The summed E-state index contributed by atoms with van der Waals surface area (Å²) in [5.41, 5.74) is 0. The molecule has 1 N–H and O–H groups in total. The summed E-state index contributed by atoms with van der Waals surface area (Å²) >= 11 is 0.